The SMILES string of the molecule is COc1cc(/C=C/c2ccncn2)cc(OC)c1. The lowest BCUT2D eigenvalue weighted by atomic mass is 10.1. The van der Waals surface area contributed by atoms with Crippen molar-refractivity contribution in [2.75, 3.05) is 14.2 Å². The number of aromatic nitrogens is 2. The highest BCUT2D eigenvalue weighted by atomic mass is 16.5. The Hall–Kier alpha value is -2.36. The van der Waals surface area contributed by atoms with E-state index >= 15 is 0 Å². The normalized spacial score (nSPS) is 10.6. The molecule has 0 saturated heterocycles. The molecular formula is C14H14N2O2. The maximum atomic E-state index is 5.21. The van der Waals surface area contributed by atoms with E-state index in [1.54, 1.807) is 20.4 Å². The van der Waals surface area contributed by atoms with Gasteiger partial charge < -0.3 is 9.47 Å². The molecule has 1 aromatic heterocycles. The molecule has 0 aliphatic heterocycles. The highest BCUT2D eigenvalue weighted by Gasteiger charge is 1.99. The summed E-state index contributed by atoms with van der Waals surface area (Å²) in [4.78, 5) is 7.99. The predicted molar refractivity (Wildman–Crippen MR) is 70.5 cm³/mol. The Morgan fingerprint density at radius 2 is 1.72 bits per heavy atom. The Morgan fingerprint density at radius 3 is 2.28 bits per heavy atom. The van der Waals surface area contributed by atoms with Crippen molar-refractivity contribution in [2.45, 2.75) is 0 Å². The number of methoxy groups -OCH3 is 2. The van der Waals surface area contributed by atoms with E-state index in [4.69, 9.17) is 9.47 Å². The summed E-state index contributed by atoms with van der Waals surface area (Å²) >= 11 is 0. The molecule has 0 atom stereocenters. The molecule has 2 rings (SSSR count). The summed E-state index contributed by atoms with van der Waals surface area (Å²) in [6.45, 7) is 0. The van der Waals surface area contributed by atoms with Crippen LogP contribution in [0.2, 0.25) is 0 Å². The molecule has 0 radical (unpaired) electrons. The zero-order valence-electron chi connectivity index (χ0n) is 10.3. The molecule has 0 spiro atoms. The topological polar surface area (TPSA) is 44.2 Å². The number of nitrogens with zero attached hydrogens (tertiary/aromatic N) is 2. The second kappa shape index (κ2) is 5.82. The van der Waals surface area contributed by atoms with Crippen molar-refractivity contribution in [1.82, 2.24) is 9.97 Å². The molecule has 0 amide bonds. The van der Waals surface area contributed by atoms with Crippen LogP contribution in [0.25, 0.3) is 12.2 Å². The number of hydrogen-bond acceptors (Lipinski definition) is 4. The van der Waals surface area contributed by atoms with Crippen LogP contribution >= 0.6 is 0 Å². The number of ether oxygens (including phenoxy) is 2. The quantitative estimate of drug-likeness (QED) is 0.826. The van der Waals surface area contributed by atoms with Crippen molar-refractivity contribution in [3.05, 3.63) is 48.0 Å². The molecule has 0 saturated carbocycles. The molecule has 0 aliphatic rings. The molecule has 0 fully saturated rings. The fourth-order valence-electron chi connectivity index (χ4n) is 1.51. The third-order valence-electron chi connectivity index (χ3n) is 2.43. The lowest BCUT2D eigenvalue weighted by Gasteiger charge is -2.05. The van der Waals surface area contributed by atoms with Crippen LogP contribution < -0.4 is 9.47 Å². The third-order valence-corrected chi connectivity index (χ3v) is 2.43. The summed E-state index contributed by atoms with van der Waals surface area (Å²) in [6.07, 6.45) is 7.09. The summed E-state index contributed by atoms with van der Waals surface area (Å²) < 4.78 is 10.4. The largest absolute Gasteiger partial charge is 0.497 e. The van der Waals surface area contributed by atoms with Gasteiger partial charge in [0.15, 0.2) is 0 Å². The van der Waals surface area contributed by atoms with E-state index in [2.05, 4.69) is 9.97 Å². The molecule has 0 unspecified atom stereocenters. The Morgan fingerprint density at radius 1 is 1.00 bits per heavy atom. The molecule has 4 nitrogen and oxygen atoms in total. The third kappa shape index (κ3) is 3.07. The summed E-state index contributed by atoms with van der Waals surface area (Å²) in [6, 6.07) is 7.54. The summed E-state index contributed by atoms with van der Waals surface area (Å²) in [5.41, 5.74) is 1.84. The molecule has 1 heterocycles. The fraction of sp³-hybridized carbons (Fsp3) is 0.143. The molecule has 2 aromatic rings. The van der Waals surface area contributed by atoms with Gasteiger partial charge in [0.2, 0.25) is 0 Å². The van der Waals surface area contributed by atoms with E-state index in [0.717, 1.165) is 22.8 Å². The van der Waals surface area contributed by atoms with Crippen LogP contribution in [0.15, 0.2) is 36.8 Å². The minimum Gasteiger partial charge on any atom is -0.497 e. The average molecular weight is 242 g/mol. The Bertz CT molecular complexity index is 516. The summed E-state index contributed by atoms with van der Waals surface area (Å²) in [5.74, 6) is 1.52. The number of hydrogen-bond donors (Lipinski definition) is 0. The maximum Gasteiger partial charge on any atom is 0.123 e. The zero-order valence-corrected chi connectivity index (χ0v) is 10.3. The van der Waals surface area contributed by atoms with E-state index in [9.17, 15) is 0 Å². The average Bonchev–Trinajstić information content (AvgIpc) is 2.45. The van der Waals surface area contributed by atoms with Crippen LogP contribution in [0.3, 0.4) is 0 Å². The van der Waals surface area contributed by atoms with Crippen molar-refractivity contribution in [3.8, 4) is 11.5 Å². The second-order valence-corrected chi connectivity index (χ2v) is 3.61. The highest BCUT2D eigenvalue weighted by Crippen LogP contribution is 2.23. The van der Waals surface area contributed by atoms with Gasteiger partial charge in [0.05, 0.1) is 19.9 Å². The van der Waals surface area contributed by atoms with Gasteiger partial charge in [-0.15, -0.1) is 0 Å². The van der Waals surface area contributed by atoms with Crippen molar-refractivity contribution in [1.29, 1.82) is 0 Å². The lowest BCUT2D eigenvalue weighted by molar-refractivity contribution is 0.394. The van der Waals surface area contributed by atoms with Gasteiger partial charge in [-0.1, -0.05) is 6.08 Å². The van der Waals surface area contributed by atoms with Crippen LogP contribution in [0.5, 0.6) is 11.5 Å². The molecule has 18 heavy (non-hydrogen) atoms. The Balaban J connectivity index is 2.25. The van der Waals surface area contributed by atoms with E-state index in [1.165, 1.54) is 6.33 Å². The van der Waals surface area contributed by atoms with Gasteiger partial charge in [0.25, 0.3) is 0 Å². The molecule has 0 aliphatic carbocycles. The maximum absolute atomic E-state index is 5.21. The van der Waals surface area contributed by atoms with Crippen LogP contribution in [0.1, 0.15) is 11.3 Å². The Kier molecular flexibility index (Phi) is 3.91. The van der Waals surface area contributed by atoms with Gasteiger partial charge in [-0.3, -0.25) is 0 Å². The van der Waals surface area contributed by atoms with Crippen LogP contribution in [0.4, 0.5) is 0 Å². The molecule has 4 heteroatoms. The first-order chi connectivity index (χ1) is 8.81. The molecule has 0 N–H and O–H groups in total. The van der Waals surface area contributed by atoms with Crippen LogP contribution in [-0.2, 0) is 0 Å². The summed E-state index contributed by atoms with van der Waals surface area (Å²) in [7, 11) is 3.26. The van der Waals surface area contributed by atoms with Gasteiger partial charge in [0, 0.05) is 12.3 Å². The molecule has 1 aromatic carbocycles. The lowest BCUT2D eigenvalue weighted by Crippen LogP contribution is -1.88. The molecule has 92 valence electrons. The monoisotopic (exact) mass is 242 g/mol. The second-order valence-electron chi connectivity index (χ2n) is 3.61. The first-order valence-corrected chi connectivity index (χ1v) is 5.49. The molecular weight excluding hydrogens is 228 g/mol. The van der Waals surface area contributed by atoms with Gasteiger partial charge in [-0.25, -0.2) is 9.97 Å². The van der Waals surface area contributed by atoms with Crippen molar-refractivity contribution >= 4 is 12.2 Å². The number of benzene rings is 1. The minimum absolute atomic E-state index is 0.761. The van der Waals surface area contributed by atoms with Crippen molar-refractivity contribution < 1.29 is 9.47 Å². The van der Waals surface area contributed by atoms with E-state index < -0.39 is 0 Å². The van der Waals surface area contributed by atoms with E-state index in [-0.39, 0.29) is 0 Å². The summed E-state index contributed by atoms with van der Waals surface area (Å²) in [5, 5.41) is 0. The molecule has 0 bridgehead atoms. The number of rotatable bonds is 4. The zero-order chi connectivity index (χ0) is 12.8. The van der Waals surface area contributed by atoms with Gasteiger partial charge in [0.1, 0.15) is 17.8 Å². The van der Waals surface area contributed by atoms with Crippen LogP contribution in [0, 0.1) is 0 Å². The van der Waals surface area contributed by atoms with Crippen LogP contribution in [-0.4, -0.2) is 24.2 Å². The smallest absolute Gasteiger partial charge is 0.123 e. The Labute approximate surface area is 106 Å². The standard InChI is InChI=1S/C14H14N2O2/c1-17-13-7-11(8-14(9-13)18-2)3-4-12-5-6-15-10-16-12/h3-10H,1-2H3/b4-3+. The fourth-order valence-corrected chi connectivity index (χ4v) is 1.51. The minimum atomic E-state index is 0.761. The first-order valence-electron chi connectivity index (χ1n) is 5.49. The van der Waals surface area contributed by atoms with E-state index in [0.29, 0.717) is 0 Å². The van der Waals surface area contributed by atoms with E-state index in [1.807, 2.05) is 36.4 Å². The van der Waals surface area contributed by atoms with Gasteiger partial charge in [-0.2, -0.15) is 0 Å². The predicted octanol–water partition coefficient (Wildman–Crippen LogP) is 2.66. The van der Waals surface area contributed by atoms with Crippen molar-refractivity contribution in [2.24, 2.45) is 0 Å². The van der Waals surface area contributed by atoms with Crippen molar-refractivity contribution in [3.63, 3.8) is 0 Å². The van der Waals surface area contributed by atoms with Gasteiger partial charge in [-0.05, 0) is 29.8 Å². The van der Waals surface area contributed by atoms with Gasteiger partial charge >= 0.3 is 0 Å². The highest BCUT2D eigenvalue weighted by molar-refractivity contribution is 5.69. The first kappa shape index (κ1) is 12.1.